The molecular formula is C20H20ClNOS3. The Morgan fingerprint density at radius 3 is 2.58 bits per heavy atom. The number of hydrogen-bond donors (Lipinski definition) is 1. The summed E-state index contributed by atoms with van der Waals surface area (Å²) in [5.41, 5.74) is 3.16. The van der Waals surface area contributed by atoms with E-state index in [1.54, 1.807) is 0 Å². The molecule has 0 saturated carbocycles. The van der Waals surface area contributed by atoms with Crippen molar-refractivity contribution in [3.8, 4) is 0 Å². The summed E-state index contributed by atoms with van der Waals surface area (Å²) in [4.78, 5) is 13.9. The average Bonchev–Trinajstić information content (AvgIpc) is 2.69. The van der Waals surface area contributed by atoms with Gasteiger partial charge in [-0.3, -0.25) is 4.79 Å². The Morgan fingerprint density at radius 2 is 1.81 bits per heavy atom. The molecule has 6 heteroatoms. The lowest BCUT2D eigenvalue weighted by molar-refractivity contribution is 0.0935. The highest BCUT2D eigenvalue weighted by Crippen LogP contribution is 2.43. The molecule has 0 radical (unpaired) electrons. The highest BCUT2D eigenvalue weighted by molar-refractivity contribution is 8.16. The maximum atomic E-state index is 12.7. The first-order chi connectivity index (χ1) is 12.7. The maximum absolute atomic E-state index is 12.7. The average molecular weight is 422 g/mol. The van der Waals surface area contributed by atoms with Crippen LogP contribution in [-0.4, -0.2) is 23.2 Å². The van der Waals surface area contributed by atoms with Crippen LogP contribution in [0.15, 0.2) is 47.4 Å². The Morgan fingerprint density at radius 1 is 1.04 bits per heavy atom. The number of amides is 1. The Balaban J connectivity index is 1.46. The van der Waals surface area contributed by atoms with E-state index in [9.17, 15) is 4.79 Å². The van der Waals surface area contributed by atoms with Crippen LogP contribution in [0.1, 0.15) is 45.0 Å². The lowest BCUT2D eigenvalue weighted by Gasteiger charge is -2.26. The van der Waals surface area contributed by atoms with E-state index in [2.05, 4.69) is 23.5 Å². The molecule has 4 rings (SSSR count). The van der Waals surface area contributed by atoms with Crippen LogP contribution in [0.25, 0.3) is 0 Å². The van der Waals surface area contributed by atoms with Crippen LogP contribution in [0.3, 0.4) is 0 Å². The van der Waals surface area contributed by atoms with Crippen LogP contribution >= 0.6 is 46.9 Å². The molecule has 2 aliphatic heterocycles. The van der Waals surface area contributed by atoms with Gasteiger partial charge in [-0.2, -0.15) is 0 Å². The van der Waals surface area contributed by atoms with E-state index in [0.29, 0.717) is 4.58 Å². The van der Waals surface area contributed by atoms with Crippen molar-refractivity contribution in [2.45, 2.75) is 28.4 Å². The second-order valence-electron chi connectivity index (χ2n) is 6.39. The molecule has 0 bridgehead atoms. The van der Waals surface area contributed by atoms with Crippen LogP contribution in [-0.2, 0) is 0 Å². The van der Waals surface area contributed by atoms with Crippen molar-refractivity contribution in [1.82, 2.24) is 5.32 Å². The van der Waals surface area contributed by atoms with Gasteiger partial charge in [-0.25, -0.2) is 0 Å². The third-order valence-electron chi connectivity index (χ3n) is 4.59. The maximum Gasteiger partial charge on any atom is 0.251 e. The van der Waals surface area contributed by atoms with Crippen LogP contribution in [0.4, 0.5) is 0 Å². The van der Waals surface area contributed by atoms with Gasteiger partial charge in [-0.05, 0) is 65.8 Å². The van der Waals surface area contributed by atoms with E-state index < -0.39 is 0 Å². The number of halogens is 1. The van der Waals surface area contributed by atoms with Crippen LogP contribution < -0.4 is 5.32 Å². The van der Waals surface area contributed by atoms with Crippen LogP contribution in [0, 0.1) is 0 Å². The third kappa shape index (κ3) is 4.22. The lowest BCUT2D eigenvalue weighted by atomic mass is 10.0. The van der Waals surface area contributed by atoms with Gasteiger partial charge in [-0.1, -0.05) is 23.7 Å². The predicted octanol–water partition coefficient (Wildman–Crippen LogP) is 6.18. The minimum absolute atomic E-state index is 0.0108. The molecule has 26 heavy (non-hydrogen) atoms. The summed E-state index contributed by atoms with van der Waals surface area (Å²) in [5.74, 6) is 3.45. The van der Waals surface area contributed by atoms with Crippen LogP contribution in [0.5, 0.6) is 0 Å². The zero-order chi connectivity index (χ0) is 17.9. The Kier molecular flexibility index (Phi) is 6.09. The van der Waals surface area contributed by atoms with Gasteiger partial charge in [0.15, 0.2) is 0 Å². The molecule has 1 atom stereocenters. The Bertz CT molecular complexity index is 790. The van der Waals surface area contributed by atoms with Crippen molar-refractivity contribution >= 4 is 52.8 Å². The summed E-state index contributed by atoms with van der Waals surface area (Å²) in [6.45, 7) is 0. The Labute approximate surface area is 172 Å². The normalized spacial score (nSPS) is 20.4. The number of carbonyl (C=O) groups excluding carboxylic acids is 1. The molecule has 2 aromatic rings. The SMILES string of the molecule is O=C(NC1CCSc2ccc(Cl)cc21)c1ccc(C2SCCCS2)cc1. The molecule has 2 aromatic carbocycles. The predicted molar refractivity (Wildman–Crippen MR) is 116 cm³/mol. The summed E-state index contributed by atoms with van der Waals surface area (Å²) >= 11 is 12.0. The fourth-order valence-corrected chi connectivity index (χ4v) is 7.41. The molecule has 1 N–H and O–H groups in total. The standard InChI is InChI=1S/C20H20ClNOS3/c21-15-6-7-18-16(12-15)17(8-11-24-18)22-19(23)13-2-4-14(5-3-13)20-25-9-1-10-26-20/h2-7,12,17,20H,1,8-11H2,(H,22,23). The van der Waals surface area contributed by atoms with E-state index in [4.69, 9.17) is 11.6 Å². The molecule has 2 heterocycles. The van der Waals surface area contributed by atoms with Crippen molar-refractivity contribution in [2.75, 3.05) is 17.3 Å². The van der Waals surface area contributed by atoms with Gasteiger partial charge in [0.05, 0.1) is 10.6 Å². The van der Waals surface area contributed by atoms with Gasteiger partial charge in [0, 0.05) is 21.2 Å². The van der Waals surface area contributed by atoms with Crippen molar-refractivity contribution in [2.24, 2.45) is 0 Å². The number of rotatable bonds is 3. The first-order valence-corrected chi connectivity index (χ1v) is 12.2. The molecule has 136 valence electrons. The minimum Gasteiger partial charge on any atom is -0.345 e. The van der Waals surface area contributed by atoms with E-state index in [0.717, 1.165) is 28.3 Å². The molecule has 2 nitrogen and oxygen atoms in total. The number of fused-ring (bicyclic) bond motifs is 1. The van der Waals surface area contributed by atoms with Gasteiger partial charge in [-0.15, -0.1) is 35.3 Å². The quantitative estimate of drug-likeness (QED) is 0.641. The van der Waals surface area contributed by atoms with E-state index >= 15 is 0 Å². The number of carbonyl (C=O) groups is 1. The smallest absolute Gasteiger partial charge is 0.251 e. The summed E-state index contributed by atoms with van der Waals surface area (Å²) in [5, 5.41) is 3.92. The summed E-state index contributed by atoms with van der Waals surface area (Å²) in [6, 6.07) is 14.1. The first-order valence-electron chi connectivity index (χ1n) is 8.77. The molecular weight excluding hydrogens is 402 g/mol. The van der Waals surface area contributed by atoms with Gasteiger partial charge >= 0.3 is 0 Å². The summed E-state index contributed by atoms with van der Waals surface area (Å²) in [6.07, 6.45) is 2.22. The van der Waals surface area contributed by atoms with Crippen molar-refractivity contribution in [1.29, 1.82) is 0 Å². The molecule has 0 spiro atoms. The second-order valence-corrected chi connectivity index (χ2v) is 10.7. The van der Waals surface area contributed by atoms with Gasteiger partial charge < -0.3 is 5.32 Å². The molecule has 1 fully saturated rings. The zero-order valence-corrected chi connectivity index (χ0v) is 17.4. The fraction of sp³-hybridized carbons (Fsp3) is 0.350. The Hall–Kier alpha value is -0.750. The van der Waals surface area contributed by atoms with Crippen molar-refractivity contribution in [3.05, 3.63) is 64.2 Å². The van der Waals surface area contributed by atoms with Gasteiger partial charge in [0.2, 0.25) is 0 Å². The monoisotopic (exact) mass is 421 g/mol. The van der Waals surface area contributed by atoms with Crippen molar-refractivity contribution < 1.29 is 4.79 Å². The zero-order valence-electron chi connectivity index (χ0n) is 14.2. The van der Waals surface area contributed by atoms with E-state index in [-0.39, 0.29) is 11.9 Å². The van der Waals surface area contributed by atoms with E-state index in [1.807, 2.05) is 59.6 Å². The molecule has 2 aliphatic rings. The topological polar surface area (TPSA) is 29.1 Å². The molecule has 1 unspecified atom stereocenters. The fourth-order valence-electron chi connectivity index (χ4n) is 3.23. The highest BCUT2D eigenvalue weighted by Gasteiger charge is 2.23. The lowest BCUT2D eigenvalue weighted by Crippen LogP contribution is -2.30. The minimum atomic E-state index is -0.0108. The summed E-state index contributed by atoms with van der Waals surface area (Å²) in [7, 11) is 0. The largest absolute Gasteiger partial charge is 0.345 e. The summed E-state index contributed by atoms with van der Waals surface area (Å²) < 4.78 is 0.505. The second kappa shape index (κ2) is 8.51. The van der Waals surface area contributed by atoms with Gasteiger partial charge in [0.25, 0.3) is 5.91 Å². The van der Waals surface area contributed by atoms with Gasteiger partial charge in [0.1, 0.15) is 0 Å². The van der Waals surface area contributed by atoms with Crippen LogP contribution in [0.2, 0.25) is 5.02 Å². The molecule has 1 amide bonds. The number of nitrogens with one attached hydrogen (secondary N) is 1. The number of hydrogen-bond acceptors (Lipinski definition) is 4. The first kappa shape index (κ1) is 18.6. The molecule has 1 saturated heterocycles. The van der Waals surface area contributed by atoms with Crippen molar-refractivity contribution in [3.63, 3.8) is 0 Å². The van der Waals surface area contributed by atoms with E-state index in [1.165, 1.54) is 28.4 Å². The number of benzene rings is 2. The number of thioether (sulfide) groups is 3. The molecule has 0 aliphatic carbocycles. The third-order valence-corrected chi connectivity index (χ3v) is 8.96. The molecule has 0 aromatic heterocycles. The highest BCUT2D eigenvalue weighted by atomic mass is 35.5.